The van der Waals surface area contributed by atoms with Crippen molar-refractivity contribution in [3.8, 4) is 5.69 Å². The lowest BCUT2D eigenvalue weighted by Crippen LogP contribution is -2.19. The summed E-state index contributed by atoms with van der Waals surface area (Å²) in [4.78, 5) is 29.2. The molecule has 0 spiro atoms. The number of ether oxygens (including phenoxy) is 1. The maximum absolute atomic E-state index is 12.9. The standard InChI is InChI=1S/C19H16N4O3/c1-3-26-19(25)15-11-21-23-16-8-9-22(13-6-4-12(2)5-7-13)18(24)14(16)10-20-17(15)23/h4-11H,3H2,1-2H3. The summed E-state index contributed by atoms with van der Waals surface area (Å²) in [5.74, 6) is -0.484. The van der Waals surface area contributed by atoms with Crippen molar-refractivity contribution in [3.05, 3.63) is 70.4 Å². The molecule has 0 aliphatic carbocycles. The van der Waals surface area contributed by atoms with Crippen molar-refractivity contribution in [2.75, 3.05) is 6.61 Å². The van der Waals surface area contributed by atoms with E-state index in [1.807, 2.05) is 31.2 Å². The second-order valence-corrected chi connectivity index (χ2v) is 5.90. The van der Waals surface area contributed by atoms with Crippen LogP contribution in [0.25, 0.3) is 22.2 Å². The predicted molar refractivity (Wildman–Crippen MR) is 96.8 cm³/mol. The zero-order chi connectivity index (χ0) is 18.3. The molecular weight excluding hydrogens is 332 g/mol. The number of esters is 1. The number of benzene rings is 1. The van der Waals surface area contributed by atoms with E-state index in [9.17, 15) is 9.59 Å². The molecule has 7 heteroatoms. The average molecular weight is 348 g/mol. The van der Waals surface area contributed by atoms with Crippen LogP contribution in [0, 0.1) is 6.92 Å². The molecule has 0 radical (unpaired) electrons. The van der Waals surface area contributed by atoms with Gasteiger partial charge in [-0.3, -0.25) is 9.36 Å². The van der Waals surface area contributed by atoms with E-state index in [0.717, 1.165) is 11.3 Å². The van der Waals surface area contributed by atoms with Crippen LogP contribution in [0.1, 0.15) is 22.8 Å². The molecule has 0 N–H and O–H groups in total. The zero-order valence-electron chi connectivity index (χ0n) is 14.3. The van der Waals surface area contributed by atoms with Gasteiger partial charge in [0.2, 0.25) is 0 Å². The second-order valence-electron chi connectivity index (χ2n) is 5.90. The summed E-state index contributed by atoms with van der Waals surface area (Å²) >= 11 is 0. The number of rotatable bonds is 3. The van der Waals surface area contributed by atoms with Gasteiger partial charge in [-0.05, 0) is 32.0 Å². The molecule has 0 fully saturated rings. The topological polar surface area (TPSA) is 78.5 Å². The first-order valence-corrected chi connectivity index (χ1v) is 8.22. The van der Waals surface area contributed by atoms with Crippen LogP contribution in [0.15, 0.2) is 53.7 Å². The average Bonchev–Trinajstić information content (AvgIpc) is 3.08. The fourth-order valence-electron chi connectivity index (χ4n) is 2.88. The van der Waals surface area contributed by atoms with E-state index < -0.39 is 5.97 Å². The third-order valence-electron chi connectivity index (χ3n) is 4.20. The van der Waals surface area contributed by atoms with Gasteiger partial charge in [-0.25, -0.2) is 14.3 Å². The Hall–Kier alpha value is -3.48. The molecule has 26 heavy (non-hydrogen) atoms. The molecule has 1 aromatic carbocycles. The first-order chi connectivity index (χ1) is 12.6. The van der Waals surface area contributed by atoms with E-state index in [4.69, 9.17) is 4.74 Å². The Balaban J connectivity index is 1.91. The molecule has 0 unspecified atom stereocenters. The highest BCUT2D eigenvalue weighted by atomic mass is 16.5. The number of aromatic nitrogens is 4. The number of hydrogen-bond donors (Lipinski definition) is 0. The zero-order valence-corrected chi connectivity index (χ0v) is 14.3. The van der Waals surface area contributed by atoms with E-state index in [1.54, 1.807) is 23.8 Å². The van der Waals surface area contributed by atoms with Crippen LogP contribution in [-0.4, -0.2) is 31.7 Å². The van der Waals surface area contributed by atoms with E-state index in [-0.39, 0.29) is 17.7 Å². The Bertz CT molecular complexity index is 1190. The molecule has 0 atom stereocenters. The number of carbonyl (C=O) groups excluding carboxylic acids is 1. The Labute approximate surface area is 148 Å². The molecule has 0 saturated heterocycles. The van der Waals surface area contributed by atoms with Gasteiger partial charge in [0.05, 0.1) is 23.7 Å². The normalized spacial score (nSPS) is 11.2. The van der Waals surface area contributed by atoms with Gasteiger partial charge in [-0.15, -0.1) is 0 Å². The summed E-state index contributed by atoms with van der Waals surface area (Å²) in [5, 5.41) is 4.63. The smallest absolute Gasteiger partial charge is 0.343 e. The SMILES string of the molecule is CCOC(=O)c1cnn2c1ncc1c(=O)n(-c3ccc(C)cc3)ccc12. The highest BCUT2D eigenvalue weighted by molar-refractivity contribution is 5.96. The first-order valence-electron chi connectivity index (χ1n) is 8.22. The molecule has 3 heterocycles. The monoisotopic (exact) mass is 348 g/mol. The van der Waals surface area contributed by atoms with E-state index >= 15 is 0 Å². The molecule has 4 rings (SSSR count). The summed E-state index contributed by atoms with van der Waals surface area (Å²) < 4.78 is 8.07. The summed E-state index contributed by atoms with van der Waals surface area (Å²) in [7, 11) is 0. The van der Waals surface area contributed by atoms with Gasteiger partial charge in [0.1, 0.15) is 5.56 Å². The number of fused-ring (bicyclic) bond motifs is 3. The number of nitrogens with zero attached hydrogens (tertiary/aromatic N) is 4. The number of carbonyl (C=O) groups is 1. The Morgan fingerprint density at radius 1 is 1.15 bits per heavy atom. The summed E-state index contributed by atoms with van der Waals surface area (Å²) in [5.41, 5.74) is 2.91. The second kappa shape index (κ2) is 6.11. The molecule has 0 aliphatic heterocycles. The number of pyridine rings is 1. The van der Waals surface area contributed by atoms with Crippen molar-refractivity contribution in [1.82, 2.24) is 19.2 Å². The molecule has 0 saturated carbocycles. The quantitative estimate of drug-likeness (QED) is 0.532. The van der Waals surface area contributed by atoms with Crippen molar-refractivity contribution in [3.63, 3.8) is 0 Å². The molecule has 4 aromatic rings. The minimum absolute atomic E-state index is 0.200. The third kappa shape index (κ3) is 2.45. The van der Waals surface area contributed by atoms with Crippen LogP contribution in [0.3, 0.4) is 0 Å². The summed E-state index contributed by atoms with van der Waals surface area (Å²) in [6, 6.07) is 9.47. The maximum atomic E-state index is 12.9. The van der Waals surface area contributed by atoms with Crippen LogP contribution in [-0.2, 0) is 4.74 Å². The first kappa shape index (κ1) is 16.0. The van der Waals surface area contributed by atoms with Crippen LogP contribution in [0.2, 0.25) is 0 Å². The fourth-order valence-corrected chi connectivity index (χ4v) is 2.88. The van der Waals surface area contributed by atoms with Crippen LogP contribution in [0.5, 0.6) is 0 Å². The van der Waals surface area contributed by atoms with Crippen LogP contribution >= 0.6 is 0 Å². The van der Waals surface area contributed by atoms with E-state index in [0.29, 0.717) is 16.6 Å². The maximum Gasteiger partial charge on any atom is 0.343 e. The fraction of sp³-hybridized carbons (Fsp3) is 0.158. The molecular formula is C19H16N4O3. The van der Waals surface area contributed by atoms with Crippen molar-refractivity contribution in [2.24, 2.45) is 0 Å². The van der Waals surface area contributed by atoms with Crippen molar-refractivity contribution >= 4 is 22.5 Å². The largest absolute Gasteiger partial charge is 0.462 e. The molecule has 7 nitrogen and oxygen atoms in total. The van der Waals surface area contributed by atoms with Crippen molar-refractivity contribution < 1.29 is 9.53 Å². The molecule has 0 bridgehead atoms. The highest BCUT2D eigenvalue weighted by Gasteiger charge is 2.17. The lowest BCUT2D eigenvalue weighted by atomic mass is 10.2. The molecule has 0 amide bonds. The van der Waals surface area contributed by atoms with Gasteiger partial charge in [-0.1, -0.05) is 17.7 Å². The van der Waals surface area contributed by atoms with E-state index in [2.05, 4.69) is 10.1 Å². The number of hydrogen-bond acceptors (Lipinski definition) is 5. The van der Waals surface area contributed by atoms with Crippen molar-refractivity contribution in [1.29, 1.82) is 0 Å². The molecule has 3 aromatic heterocycles. The Morgan fingerprint density at radius 3 is 2.65 bits per heavy atom. The van der Waals surface area contributed by atoms with Gasteiger partial charge >= 0.3 is 5.97 Å². The van der Waals surface area contributed by atoms with Crippen molar-refractivity contribution in [2.45, 2.75) is 13.8 Å². The molecule has 0 aliphatic rings. The van der Waals surface area contributed by atoms with Gasteiger partial charge in [0.15, 0.2) is 5.65 Å². The third-order valence-corrected chi connectivity index (χ3v) is 4.20. The lowest BCUT2D eigenvalue weighted by molar-refractivity contribution is 0.0528. The summed E-state index contributed by atoms with van der Waals surface area (Å²) in [6.45, 7) is 4.00. The minimum atomic E-state index is -0.484. The van der Waals surface area contributed by atoms with Gasteiger partial charge < -0.3 is 4.74 Å². The minimum Gasteiger partial charge on any atom is -0.462 e. The predicted octanol–water partition coefficient (Wildman–Crippen LogP) is 2.52. The van der Waals surface area contributed by atoms with E-state index in [1.165, 1.54) is 16.9 Å². The Morgan fingerprint density at radius 2 is 1.92 bits per heavy atom. The van der Waals surface area contributed by atoms with Crippen LogP contribution in [0.4, 0.5) is 0 Å². The number of aryl methyl sites for hydroxylation is 1. The summed E-state index contributed by atoms with van der Waals surface area (Å²) in [6.07, 6.45) is 4.58. The molecule has 130 valence electrons. The van der Waals surface area contributed by atoms with Gasteiger partial charge in [0, 0.05) is 18.1 Å². The lowest BCUT2D eigenvalue weighted by Gasteiger charge is -2.08. The Kier molecular flexibility index (Phi) is 3.76. The van der Waals surface area contributed by atoms with Gasteiger partial charge in [-0.2, -0.15) is 5.10 Å². The highest BCUT2D eigenvalue weighted by Crippen LogP contribution is 2.17. The van der Waals surface area contributed by atoms with Gasteiger partial charge in [0.25, 0.3) is 5.56 Å². The van der Waals surface area contributed by atoms with Crippen LogP contribution < -0.4 is 5.56 Å².